The highest BCUT2D eigenvalue weighted by Gasteiger charge is 2.42. The lowest BCUT2D eigenvalue weighted by Crippen LogP contribution is -2.51. The van der Waals surface area contributed by atoms with E-state index in [0.717, 1.165) is 50.9 Å². The third-order valence-corrected chi connectivity index (χ3v) is 4.44. The summed E-state index contributed by atoms with van der Waals surface area (Å²) in [6.07, 6.45) is 5.60. The summed E-state index contributed by atoms with van der Waals surface area (Å²) in [5.41, 5.74) is 0.808. The average molecular weight is 286 g/mol. The number of hydrogen-bond donors (Lipinski definition) is 1. The topological polar surface area (TPSA) is 32.3 Å². The molecular formula is C18H26N2O. The van der Waals surface area contributed by atoms with Gasteiger partial charge in [-0.25, -0.2) is 0 Å². The van der Waals surface area contributed by atoms with Gasteiger partial charge in [0.1, 0.15) is 0 Å². The van der Waals surface area contributed by atoms with E-state index in [1.54, 1.807) is 0 Å². The fraction of sp³-hybridized carbons (Fsp3) is 0.500. The molecule has 1 saturated heterocycles. The van der Waals surface area contributed by atoms with Crippen molar-refractivity contribution in [2.45, 2.75) is 31.1 Å². The molecule has 1 amide bonds. The zero-order valence-electron chi connectivity index (χ0n) is 13.0. The Morgan fingerprint density at radius 1 is 1.33 bits per heavy atom. The monoisotopic (exact) mass is 286 g/mol. The number of carbonyl (C=O) groups is 1. The van der Waals surface area contributed by atoms with Crippen molar-refractivity contribution in [3.05, 3.63) is 48.6 Å². The molecular weight excluding hydrogens is 260 g/mol. The van der Waals surface area contributed by atoms with Gasteiger partial charge in [0.05, 0.1) is 5.41 Å². The number of allylic oxidation sites excluding steroid dienone is 1. The van der Waals surface area contributed by atoms with Crippen LogP contribution >= 0.6 is 0 Å². The summed E-state index contributed by atoms with van der Waals surface area (Å²) in [7, 11) is 1.93. The minimum absolute atomic E-state index is 0.263. The van der Waals surface area contributed by atoms with Gasteiger partial charge in [-0.1, -0.05) is 36.4 Å². The summed E-state index contributed by atoms with van der Waals surface area (Å²) in [4.78, 5) is 15.0. The lowest BCUT2D eigenvalue weighted by Gasteiger charge is -2.39. The quantitative estimate of drug-likeness (QED) is 0.644. The van der Waals surface area contributed by atoms with E-state index in [1.165, 1.54) is 0 Å². The van der Waals surface area contributed by atoms with Crippen LogP contribution in [0, 0.1) is 0 Å². The van der Waals surface area contributed by atoms with E-state index >= 15 is 0 Å². The van der Waals surface area contributed by atoms with Crippen molar-refractivity contribution in [2.75, 3.05) is 26.7 Å². The normalized spacial score (nSPS) is 17.2. The molecule has 1 aromatic rings. The van der Waals surface area contributed by atoms with Gasteiger partial charge >= 0.3 is 0 Å². The molecule has 1 heterocycles. The Morgan fingerprint density at radius 3 is 2.62 bits per heavy atom. The maximum absolute atomic E-state index is 13.1. The first-order valence-corrected chi connectivity index (χ1v) is 7.83. The van der Waals surface area contributed by atoms with Crippen LogP contribution in [0.3, 0.4) is 0 Å². The Kier molecular flexibility index (Phi) is 5.57. The first-order valence-electron chi connectivity index (χ1n) is 7.83. The predicted molar refractivity (Wildman–Crippen MR) is 87.3 cm³/mol. The number of hydrogen-bond acceptors (Lipinski definition) is 2. The van der Waals surface area contributed by atoms with Crippen molar-refractivity contribution >= 4 is 5.91 Å². The van der Waals surface area contributed by atoms with Gasteiger partial charge < -0.3 is 10.2 Å². The van der Waals surface area contributed by atoms with Gasteiger partial charge in [0.2, 0.25) is 5.91 Å². The molecule has 3 heteroatoms. The van der Waals surface area contributed by atoms with Crippen LogP contribution in [0.5, 0.6) is 0 Å². The molecule has 114 valence electrons. The molecule has 1 N–H and O–H groups in total. The molecule has 0 radical (unpaired) electrons. The molecule has 1 fully saturated rings. The summed E-state index contributed by atoms with van der Waals surface area (Å²) < 4.78 is 0. The SMILES string of the molecule is C=CCCCN(C)C(=O)C1(c2ccccc2)CCNCC1. The van der Waals surface area contributed by atoms with Gasteiger partial charge in [0.25, 0.3) is 0 Å². The van der Waals surface area contributed by atoms with Gasteiger partial charge in [-0.2, -0.15) is 0 Å². The molecule has 0 bridgehead atoms. The number of amides is 1. The summed E-state index contributed by atoms with van der Waals surface area (Å²) in [6.45, 7) is 6.35. The van der Waals surface area contributed by atoms with Gasteiger partial charge in [0, 0.05) is 13.6 Å². The zero-order valence-corrected chi connectivity index (χ0v) is 13.0. The lowest BCUT2D eigenvalue weighted by molar-refractivity contribution is -0.137. The highest BCUT2D eigenvalue weighted by molar-refractivity contribution is 5.88. The fourth-order valence-electron chi connectivity index (χ4n) is 3.18. The van der Waals surface area contributed by atoms with Gasteiger partial charge in [-0.15, -0.1) is 6.58 Å². The molecule has 0 atom stereocenters. The molecule has 2 rings (SSSR count). The number of likely N-dealkylation sites (N-methyl/N-ethyl adjacent to an activating group) is 1. The predicted octanol–water partition coefficient (Wildman–Crippen LogP) is 2.73. The summed E-state index contributed by atoms with van der Waals surface area (Å²) in [5.74, 6) is 0.263. The Balaban J connectivity index is 2.19. The first-order chi connectivity index (χ1) is 10.2. The number of piperidine rings is 1. The maximum atomic E-state index is 13.1. The average Bonchev–Trinajstić information content (AvgIpc) is 2.55. The Labute approximate surface area is 128 Å². The van der Waals surface area contributed by atoms with Crippen LogP contribution in [0.2, 0.25) is 0 Å². The Hall–Kier alpha value is -1.61. The number of carbonyl (C=O) groups excluding carboxylic acids is 1. The molecule has 3 nitrogen and oxygen atoms in total. The number of nitrogens with zero attached hydrogens (tertiary/aromatic N) is 1. The van der Waals surface area contributed by atoms with Crippen molar-refractivity contribution in [3.63, 3.8) is 0 Å². The number of nitrogens with one attached hydrogen (secondary N) is 1. The third-order valence-electron chi connectivity index (χ3n) is 4.44. The molecule has 0 spiro atoms. The zero-order chi connectivity index (χ0) is 15.1. The highest BCUT2D eigenvalue weighted by Crippen LogP contribution is 2.35. The summed E-state index contributed by atoms with van der Waals surface area (Å²) >= 11 is 0. The van der Waals surface area contributed by atoms with E-state index in [2.05, 4.69) is 24.0 Å². The molecule has 21 heavy (non-hydrogen) atoms. The summed E-state index contributed by atoms with van der Waals surface area (Å²) in [6, 6.07) is 10.3. The molecule has 0 aromatic heterocycles. The van der Waals surface area contributed by atoms with E-state index < -0.39 is 0 Å². The van der Waals surface area contributed by atoms with Crippen LogP contribution in [0.4, 0.5) is 0 Å². The maximum Gasteiger partial charge on any atom is 0.233 e. The molecule has 0 unspecified atom stereocenters. The standard InChI is InChI=1S/C18H26N2O/c1-3-4-8-15-20(2)17(21)18(11-13-19-14-12-18)16-9-6-5-7-10-16/h3,5-7,9-10,19H,1,4,8,11-15H2,2H3. The second-order valence-electron chi connectivity index (χ2n) is 5.86. The van der Waals surface area contributed by atoms with E-state index in [9.17, 15) is 4.79 Å². The summed E-state index contributed by atoms with van der Waals surface area (Å²) in [5, 5.41) is 3.37. The van der Waals surface area contributed by atoms with Crippen molar-refractivity contribution < 1.29 is 4.79 Å². The van der Waals surface area contributed by atoms with E-state index in [0.29, 0.717) is 0 Å². The van der Waals surface area contributed by atoms with Crippen LogP contribution in [0.15, 0.2) is 43.0 Å². The van der Waals surface area contributed by atoms with Crippen LogP contribution in [0.25, 0.3) is 0 Å². The third kappa shape index (κ3) is 3.53. The minimum Gasteiger partial charge on any atom is -0.345 e. The van der Waals surface area contributed by atoms with Gasteiger partial charge in [-0.3, -0.25) is 4.79 Å². The van der Waals surface area contributed by atoms with Gasteiger partial charge in [-0.05, 0) is 44.3 Å². The minimum atomic E-state index is -0.352. The number of rotatable bonds is 6. The smallest absolute Gasteiger partial charge is 0.233 e. The molecule has 1 aliphatic rings. The molecule has 0 saturated carbocycles. The van der Waals surface area contributed by atoms with Gasteiger partial charge in [0.15, 0.2) is 0 Å². The van der Waals surface area contributed by atoms with Crippen molar-refractivity contribution in [1.82, 2.24) is 10.2 Å². The second-order valence-corrected chi connectivity index (χ2v) is 5.86. The van der Waals surface area contributed by atoms with E-state index in [4.69, 9.17) is 0 Å². The van der Waals surface area contributed by atoms with Crippen LogP contribution in [-0.4, -0.2) is 37.5 Å². The molecule has 1 aliphatic heterocycles. The fourth-order valence-corrected chi connectivity index (χ4v) is 3.18. The highest BCUT2D eigenvalue weighted by atomic mass is 16.2. The van der Waals surface area contributed by atoms with Crippen LogP contribution in [-0.2, 0) is 10.2 Å². The van der Waals surface area contributed by atoms with Crippen molar-refractivity contribution in [1.29, 1.82) is 0 Å². The largest absolute Gasteiger partial charge is 0.345 e. The molecule has 1 aromatic carbocycles. The van der Waals surface area contributed by atoms with Crippen LogP contribution < -0.4 is 5.32 Å². The number of unbranched alkanes of at least 4 members (excludes halogenated alkanes) is 1. The second kappa shape index (κ2) is 7.41. The van der Waals surface area contributed by atoms with E-state index in [-0.39, 0.29) is 11.3 Å². The van der Waals surface area contributed by atoms with Crippen molar-refractivity contribution in [2.24, 2.45) is 0 Å². The molecule has 0 aliphatic carbocycles. The lowest BCUT2D eigenvalue weighted by atomic mass is 9.72. The Bertz CT molecular complexity index is 463. The van der Waals surface area contributed by atoms with Crippen LogP contribution in [0.1, 0.15) is 31.2 Å². The first kappa shape index (κ1) is 15.8. The number of benzene rings is 1. The van der Waals surface area contributed by atoms with Crippen molar-refractivity contribution in [3.8, 4) is 0 Å². The van der Waals surface area contributed by atoms with E-state index in [1.807, 2.05) is 36.2 Å². The Morgan fingerprint density at radius 2 is 2.00 bits per heavy atom.